The summed E-state index contributed by atoms with van der Waals surface area (Å²) < 4.78 is 1.74. The Kier molecular flexibility index (Phi) is 4.15. The minimum Gasteiger partial charge on any atom is -0.481 e. The van der Waals surface area contributed by atoms with E-state index in [-0.39, 0.29) is 6.42 Å². The van der Waals surface area contributed by atoms with Crippen LogP contribution in [-0.2, 0) is 11.3 Å². The normalized spacial score (nSPS) is 10.3. The minimum absolute atomic E-state index is 0.107. The summed E-state index contributed by atoms with van der Waals surface area (Å²) >= 11 is 0. The van der Waals surface area contributed by atoms with E-state index in [0.717, 1.165) is 18.9 Å². The molecule has 1 aromatic rings. The van der Waals surface area contributed by atoms with E-state index in [2.05, 4.69) is 23.8 Å². The molecule has 0 aliphatic heterocycles. The number of hydrogen-bond donors (Lipinski definition) is 1. The summed E-state index contributed by atoms with van der Waals surface area (Å²) in [5.74, 6) is 0.192. The molecule has 0 aliphatic carbocycles. The Bertz CT molecular complexity index is 318. The fraction of sp³-hybridized carbons (Fsp3) is 0.600. The van der Waals surface area contributed by atoms with E-state index in [1.54, 1.807) is 10.9 Å². The molecule has 0 fully saturated rings. The molecular weight excluding hydrogens is 194 g/mol. The SMILES string of the molecule is CCN(CC)c1ccnn1CCC(=O)O. The van der Waals surface area contributed by atoms with Crippen molar-refractivity contribution in [3.8, 4) is 0 Å². The first-order valence-corrected chi connectivity index (χ1v) is 5.17. The zero-order valence-corrected chi connectivity index (χ0v) is 9.18. The van der Waals surface area contributed by atoms with Gasteiger partial charge in [0.2, 0.25) is 0 Å². The molecule has 0 saturated carbocycles. The molecule has 0 aromatic carbocycles. The Labute approximate surface area is 89.3 Å². The molecular formula is C10H17N3O2. The van der Waals surface area contributed by atoms with Gasteiger partial charge in [-0.2, -0.15) is 5.10 Å². The fourth-order valence-electron chi connectivity index (χ4n) is 1.52. The van der Waals surface area contributed by atoms with Crippen LogP contribution in [0.5, 0.6) is 0 Å². The molecule has 0 unspecified atom stereocenters. The lowest BCUT2D eigenvalue weighted by Gasteiger charge is -2.21. The Morgan fingerprint density at radius 1 is 1.53 bits per heavy atom. The molecule has 0 atom stereocenters. The first-order chi connectivity index (χ1) is 7.19. The Morgan fingerprint density at radius 3 is 2.73 bits per heavy atom. The van der Waals surface area contributed by atoms with Crippen LogP contribution in [0.2, 0.25) is 0 Å². The summed E-state index contributed by atoms with van der Waals surface area (Å²) in [6.07, 6.45) is 1.81. The largest absolute Gasteiger partial charge is 0.481 e. The molecule has 15 heavy (non-hydrogen) atoms. The van der Waals surface area contributed by atoms with Gasteiger partial charge in [-0.25, -0.2) is 4.68 Å². The highest BCUT2D eigenvalue weighted by Gasteiger charge is 2.09. The highest BCUT2D eigenvalue weighted by atomic mass is 16.4. The molecule has 5 nitrogen and oxygen atoms in total. The van der Waals surface area contributed by atoms with E-state index in [0.29, 0.717) is 6.54 Å². The van der Waals surface area contributed by atoms with Gasteiger partial charge in [-0.1, -0.05) is 0 Å². The number of nitrogens with zero attached hydrogens (tertiary/aromatic N) is 3. The van der Waals surface area contributed by atoms with Crippen LogP contribution in [0.3, 0.4) is 0 Å². The van der Waals surface area contributed by atoms with Gasteiger partial charge in [-0.05, 0) is 13.8 Å². The zero-order chi connectivity index (χ0) is 11.3. The zero-order valence-electron chi connectivity index (χ0n) is 9.18. The van der Waals surface area contributed by atoms with Crippen molar-refractivity contribution < 1.29 is 9.90 Å². The van der Waals surface area contributed by atoms with E-state index in [1.807, 2.05) is 6.07 Å². The predicted octanol–water partition coefficient (Wildman–Crippen LogP) is 1.20. The smallest absolute Gasteiger partial charge is 0.305 e. The summed E-state index contributed by atoms with van der Waals surface area (Å²) in [5.41, 5.74) is 0. The first kappa shape index (κ1) is 11.6. The minimum atomic E-state index is -0.795. The maximum absolute atomic E-state index is 10.5. The van der Waals surface area contributed by atoms with Crippen LogP contribution in [0.15, 0.2) is 12.3 Å². The van der Waals surface area contributed by atoms with Crippen molar-refractivity contribution in [2.45, 2.75) is 26.8 Å². The van der Waals surface area contributed by atoms with Crippen molar-refractivity contribution >= 4 is 11.8 Å². The number of carboxylic acid groups (broad SMARTS) is 1. The predicted molar refractivity (Wildman–Crippen MR) is 58.0 cm³/mol. The molecule has 0 bridgehead atoms. The van der Waals surface area contributed by atoms with E-state index in [4.69, 9.17) is 5.11 Å². The monoisotopic (exact) mass is 211 g/mol. The van der Waals surface area contributed by atoms with Gasteiger partial charge in [0.15, 0.2) is 0 Å². The lowest BCUT2D eigenvalue weighted by molar-refractivity contribution is -0.137. The molecule has 0 saturated heterocycles. The summed E-state index contributed by atoms with van der Waals surface area (Å²) in [7, 11) is 0. The van der Waals surface area contributed by atoms with Crippen molar-refractivity contribution in [1.29, 1.82) is 0 Å². The van der Waals surface area contributed by atoms with Gasteiger partial charge < -0.3 is 10.0 Å². The Morgan fingerprint density at radius 2 is 2.20 bits per heavy atom. The van der Waals surface area contributed by atoms with Crippen molar-refractivity contribution in [2.75, 3.05) is 18.0 Å². The number of aryl methyl sites for hydroxylation is 1. The molecule has 0 amide bonds. The third kappa shape index (κ3) is 2.97. The first-order valence-electron chi connectivity index (χ1n) is 5.17. The molecule has 1 rings (SSSR count). The molecule has 0 radical (unpaired) electrons. The quantitative estimate of drug-likeness (QED) is 0.768. The second kappa shape index (κ2) is 5.38. The summed E-state index contributed by atoms with van der Waals surface area (Å²) in [6, 6.07) is 1.91. The van der Waals surface area contributed by atoms with Crippen molar-refractivity contribution in [3.05, 3.63) is 12.3 Å². The van der Waals surface area contributed by atoms with Crippen LogP contribution in [0.1, 0.15) is 20.3 Å². The highest BCUT2D eigenvalue weighted by molar-refractivity contribution is 5.66. The molecule has 1 aromatic heterocycles. The lowest BCUT2D eigenvalue weighted by atomic mass is 10.4. The van der Waals surface area contributed by atoms with Crippen LogP contribution in [-0.4, -0.2) is 33.9 Å². The van der Waals surface area contributed by atoms with Crippen LogP contribution in [0.4, 0.5) is 5.82 Å². The summed E-state index contributed by atoms with van der Waals surface area (Å²) in [4.78, 5) is 12.6. The Balaban J connectivity index is 2.71. The van der Waals surface area contributed by atoms with Gasteiger partial charge in [0.1, 0.15) is 5.82 Å². The molecule has 1 heterocycles. The number of aliphatic carboxylic acids is 1. The summed E-state index contributed by atoms with van der Waals surface area (Å²) in [6.45, 7) is 6.36. The van der Waals surface area contributed by atoms with Crippen molar-refractivity contribution in [2.24, 2.45) is 0 Å². The molecule has 84 valence electrons. The second-order valence-corrected chi connectivity index (χ2v) is 3.23. The number of anilines is 1. The second-order valence-electron chi connectivity index (χ2n) is 3.23. The third-order valence-corrected chi connectivity index (χ3v) is 2.32. The lowest BCUT2D eigenvalue weighted by Crippen LogP contribution is -2.25. The van der Waals surface area contributed by atoms with Gasteiger partial charge >= 0.3 is 5.97 Å². The number of rotatable bonds is 6. The molecule has 0 spiro atoms. The number of carbonyl (C=O) groups is 1. The van der Waals surface area contributed by atoms with Crippen molar-refractivity contribution in [3.63, 3.8) is 0 Å². The number of hydrogen-bond acceptors (Lipinski definition) is 3. The van der Waals surface area contributed by atoms with Crippen LogP contribution in [0, 0.1) is 0 Å². The topological polar surface area (TPSA) is 58.4 Å². The molecule has 0 aliphatic rings. The van der Waals surface area contributed by atoms with Gasteiger partial charge in [0.25, 0.3) is 0 Å². The van der Waals surface area contributed by atoms with Crippen LogP contribution < -0.4 is 4.90 Å². The van der Waals surface area contributed by atoms with Gasteiger partial charge in [0, 0.05) is 19.2 Å². The third-order valence-electron chi connectivity index (χ3n) is 2.32. The molecule has 5 heteroatoms. The standard InChI is InChI=1S/C10H17N3O2/c1-3-12(4-2)9-5-7-11-13(9)8-6-10(14)15/h5,7H,3-4,6,8H2,1-2H3,(H,14,15). The number of aromatic nitrogens is 2. The van der Waals surface area contributed by atoms with E-state index >= 15 is 0 Å². The average Bonchev–Trinajstić information content (AvgIpc) is 2.65. The average molecular weight is 211 g/mol. The molecule has 1 N–H and O–H groups in total. The van der Waals surface area contributed by atoms with Gasteiger partial charge in [0.05, 0.1) is 19.2 Å². The van der Waals surface area contributed by atoms with E-state index in [9.17, 15) is 4.79 Å². The Hall–Kier alpha value is -1.52. The van der Waals surface area contributed by atoms with Gasteiger partial charge in [-0.3, -0.25) is 4.79 Å². The van der Waals surface area contributed by atoms with E-state index in [1.165, 1.54) is 0 Å². The highest BCUT2D eigenvalue weighted by Crippen LogP contribution is 2.13. The van der Waals surface area contributed by atoms with Gasteiger partial charge in [-0.15, -0.1) is 0 Å². The van der Waals surface area contributed by atoms with Crippen LogP contribution >= 0.6 is 0 Å². The van der Waals surface area contributed by atoms with E-state index < -0.39 is 5.97 Å². The van der Waals surface area contributed by atoms with Crippen LogP contribution in [0.25, 0.3) is 0 Å². The summed E-state index contributed by atoms with van der Waals surface area (Å²) in [5, 5.41) is 12.7. The maximum Gasteiger partial charge on any atom is 0.305 e. The number of carboxylic acids is 1. The maximum atomic E-state index is 10.5. The van der Waals surface area contributed by atoms with Crippen molar-refractivity contribution in [1.82, 2.24) is 9.78 Å². The fourth-order valence-corrected chi connectivity index (χ4v) is 1.52.